The minimum absolute atomic E-state index is 0. The van der Waals surface area contributed by atoms with E-state index in [1.165, 1.54) is 11.1 Å². The van der Waals surface area contributed by atoms with E-state index in [9.17, 15) is 4.79 Å². The Morgan fingerprint density at radius 3 is 2.23 bits per heavy atom. The van der Waals surface area contributed by atoms with Gasteiger partial charge in [-0.25, -0.2) is 4.99 Å². The molecular weight excluding hydrogens is 501 g/mol. The van der Waals surface area contributed by atoms with Crippen LogP contribution in [-0.2, 0) is 19.5 Å². The summed E-state index contributed by atoms with van der Waals surface area (Å²) in [6.07, 6.45) is 0.818. The van der Waals surface area contributed by atoms with Crippen molar-refractivity contribution in [2.45, 2.75) is 26.4 Å². The molecule has 2 aromatic carbocycles. The quantitative estimate of drug-likeness (QED) is 0.293. The molecule has 0 bridgehead atoms. The van der Waals surface area contributed by atoms with Gasteiger partial charge >= 0.3 is 0 Å². The monoisotopic (exact) mass is 537 g/mol. The number of benzene rings is 2. The maximum Gasteiger partial charge on any atom is 0.253 e. The number of hydrogen-bond donors (Lipinski definition) is 2. The summed E-state index contributed by atoms with van der Waals surface area (Å²) < 4.78 is 0. The highest BCUT2D eigenvalue weighted by molar-refractivity contribution is 14.0. The summed E-state index contributed by atoms with van der Waals surface area (Å²) in [7, 11) is 7.68. The second kappa shape index (κ2) is 14.0. The zero-order valence-electron chi connectivity index (χ0n) is 19.3. The molecule has 2 aromatic rings. The van der Waals surface area contributed by atoms with E-state index >= 15 is 0 Å². The first-order valence-corrected chi connectivity index (χ1v) is 10.4. The fourth-order valence-corrected chi connectivity index (χ4v) is 3.07. The van der Waals surface area contributed by atoms with Gasteiger partial charge in [-0.1, -0.05) is 36.4 Å². The molecule has 0 saturated heterocycles. The summed E-state index contributed by atoms with van der Waals surface area (Å²) >= 11 is 0. The van der Waals surface area contributed by atoms with Gasteiger partial charge in [0, 0.05) is 39.3 Å². The van der Waals surface area contributed by atoms with Gasteiger partial charge in [0.15, 0.2) is 5.96 Å². The molecule has 170 valence electrons. The Kier molecular flexibility index (Phi) is 12.2. The molecule has 0 radical (unpaired) electrons. The molecular formula is C24H36IN5O. The van der Waals surface area contributed by atoms with E-state index < -0.39 is 0 Å². The number of carbonyl (C=O) groups is 1. The zero-order chi connectivity index (χ0) is 21.9. The van der Waals surface area contributed by atoms with Crippen LogP contribution in [0, 0.1) is 0 Å². The van der Waals surface area contributed by atoms with E-state index in [1.807, 2.05) is 24.3 Å². The van der Waals surface area contributed by atoms with Crippen molar-refractivity contribution in [3.63, 3.8) is 0 Å². The summed E-state index contributed by atoms with van der Waals surface area (Å²) in [6, 6.07) is 16.4. The highest BCUT2D eigenvalue weighted by Crippen LogP contribution is 2.09. The molecule has 0 atom stereocenters. The molecule has 1 amide bonds. The lowest BCUT2D eigenvalue weighted by Crippen LogP contribution is -2.38. The van der Waals surface area contributed by atoms with Crippen molar-refractivity contribution in [2.24, 2.45) is 4.99 Å². The van der Waals surface area contributed by atoms with Crippen LogP contribution in [0.15, 0.2) is 53.5 Å². The minimum Gasteiger partial charge on any atom is -0.357 e. The molecule has 0 unspecified atom stereocenters. The van der Waals surface area contributed by atoms with Crippen molar-refractivity contribution in [1.82, 2.24) is 20.4 Å². The van der Waals surface area contributed by atoms with Crippen LogP contribution in [0.5, 0.6) is 0 Å². The minimum atomic E-state index is 0. The SMILES string of the molecule is CCNC(=NCc1ccc(CN(C)C)cc1)NCCc1cccc(C(=O)N(C)C)c1.I. The molecule has 0 fully saturated rings. The number of carbonyl (C=O) groups excluding carboxylic acids is 1. The van der Waals surface area contributed by atoms with E-state index in [2.05, 4.69) is 60.8 Å². The molecule has 6 nitrogen and oxygen atoms in total. The molecule has 0 heterocycles. The van der Waals surface area contributed by atoms with Crippen molar-refractivity contribution < 1.29 is 4.79 Å². The first-order chi connectivity index (χ1) is 14.4. The Morgan fingerprint density at radius 2 is 1.61 bits per heavy atom. The number of amides is 1. The molecule has 2 N–H and O–H groups in total. The van der Waals surface area contributed by atoms with E-state index in [0.717, 1.165) is 43.1 Å². The summed E-state index contributed by atoms with van der Waals surface area (Å²) in [5.74, 6) is 0.826. The Hall–Kier alpha value is -2.13. The van der Waals surface area contributed by atoms with Gasteiger partial charge in [-0.15, -0.1) is 24.0 Å². The predicted octanol–water partition coefficient (Wildman–Crippen LogP) is 3.37. The maximum absolute atomic E-state index is 12.1. The van der Waals surface area contributed by atoms with E-state index in [1.54, 1.807) is 19.0 Å². The van der Waals surface area contributed by atoms with Crippen molar-refractivity contribution in [2.75, 3.05) is 41.3 Å². The Bertz CT molecular complexity index is 834. The van der Waals surface area contributed by atoms with Gasteiger partial charge in [-0.2, -0.15) is 0 Å². The number of halogens is 1. The summed E-state index contributed by atoms with van der Waals surface area (Å²) in [6.45, 7) is 5.18. The van der Waals surface area contributed by atoms with E-state index in [0.29, 0.717) is 6.54 Å². The lowest BCUT2D eigenvalue weighted by Gasteiger charge is -2.13. The summed E-state index contributed by atoms with van der Waals surface area (Å²) in [5.41, 5.74) is 4.33. The predicted molar refractivity (Wildman–Crippen MR) is 140 cm³/mol. The van der Waals surface area contributed by atoms with Crippen LogP contribution in [0.3, 0.4) is 0 Å². The summed E-state index contributed by atoms with van der Waals surface area (Å²) in [4.78, 5) is 20.6. The van der Waals surface area contributed by atoms with Gasteiger partial charge in [-0.05, 0) is 56.3 Å². The van der Waals surface area contributed by atoms with Crippen LogP contribution < -0.4 is 10.6 Å². The maximum atomic E-state index is 12.1. The lowest BCUT2D eigenvalue weighted by molar-refractivity contribution is 0.0827. The van der Waals surface area contributed by atoms with Gasteiger partial charge < -0.3 is 20.4 Å². The second-order valence-corrected chi connectivity index (χ2v) is 7.83. The standard InChI is InChI=1S/C24H35N5O.HI/c1-6-25-24(27-17-20-10-12-21(13-11-20)18-28(2)3)26-15-14-19-8-7-9-22(16-19)23(30)29(4)5;/h7-13,16H,6,14-15,17-18H2,1-5H3,(H2,25,26,27);1H. The third-order valence-corrected chi connectivity index (χ3v) is 4.57. The lowest BCUT2D eigenvalue weighted by atomic mass is 10.1. The highest BCUT2D eigenvalue weighted by Gasteiger charge is 2.08. The fraction of sp³-hybridized carbons (Fsp3) is 0.417. The molecule has 0 spiro atoms. The molecule has 0 saturated carbocycles. The third-order valence-electron chi connectivity index (χ3n) is 4.57. The smallest absolute Gasteiger partial charge is 0.253 e. The average molecular weight is 537 g/mol. The number of hydrogen-bond acceptors (Lipinski definition) is 3. The van der Waals surface area contributed by atoms with Crippen LogP contribution in [0.2, 0.25) is 0 Å². The summed E-state index contributed by atoms with van der Waals surface area (Å²) in [5, 5.41) is 6.68. The van der Waals surface area contributed by atoms with Gasteiger partial charge in [-0.3, -0.25) is 4.79 Å². The Labute approximate surface area is 204 Å². The Morgan fingerprint density at radius 1 is 0.935 bits per heavy atom. The van der Waals surface area contributed by atoms with Crippen molar-refractivity contribution in [3.05, 3.63) is 70.8 Å². The van der Waals surface area contributed by atoms with Gasteiger partial charge in [0.2, 0.25) is 0 Å². The number of nitrogens with zero attached hydrogens (tertiary/aromatic N) is 3. The molecule has 0 aliphatic carbocycles. The third kappa shape index (κ3) is 9.69. The molecule has 0 aromatic heterocycles. The van der Waals surface area contributed by atoms with Gasteiger partial charge in [0.1, 0.15) is 0 Å². The number of nitrogens with one attached hydrogen (secondary N) is 2. The topological polar surface area (TPSA) is 60.0 Å². The molecule has 31 heavy (non-hydrogen) atoms. The molecule has 7 heteroatoms. The average Bonchev–Trinajstić information content (AvgIpc) is 2.72. The number of aliphatic imine (C=N–C) groups is 1. The molecule has 0 aliphatic heterocycles. The number of guanidine groups is 1. The largest absolute Gasteiger partial charge is 0.357 e. The van der Waals surface area contributed by atoms with Gasteiger partial charge in [0.25, 0.3) is 5.91 Å². The number of rotatable bonds is 9. The van der Waals surface area contributed by atoms with Crippen LogP contribution in [0.1, 0.15) is 34.0 Å². The van der Waals surface area contributed by atoms with Crippen molar-refractivity contribution in [3.8, 4) is 0 Å². The van der Waals surface area contributed by atoms with Crippen molar-refractivity contribution in [1.29, 1.82) is 0 Å². The van der Waals surface area contributed by atoms with Crippen LogP contribution in [-0.4, -0.2) is 62.9 Å². The van der Waals surface area contributed by atoms with Crippen LogP contribution in [0.25, 0.3) is 0 Å². The normalized spacial score (nSPS) is 11.1. The molecule has 0 aliphatic rings. The zero-order valence-corrected chi connectivity index (χ0v) is 21.6. The van der Waals surface area contributed by atoms with Crippen LogP contribution in [0.4, 0.5) is 0 Å². The van der Waals surface area contributed by atoms with E-state index in [4.69, 9.17) is 4.99 Å². The van der Waals surface area contributed by atoms with Crippen LogP contribution >= 0.6 is 24.0 Å². The Balaban J connectivity index is 0.00000480. The second-order valence-electron chi connectivity index (χ2n) is 7.83. The highest BCUT2D eigenvalue weighted by atomic mass is 127. The van der Waals surface area contributed by atoms with E-state index in [-0.39, 0.29) is 29.9 Å². The molecule has 2 rings (SSSR count). The van der Waals surface area contributed by atoms with Gasteiger partial charge in [0.05, 0.1) is 6.54 Å². The first-order valence-electron chi connectivity index (χ1n) is 10.4. The fourth-order valence-electron chi connectivity index (χ4n) is 3.07. The first kappa shape index (κ1) is 26.9. The van der Waals surface area contributed by atoms with Crippen molar-refractivity contribution >= 4 is 35.8 Å².